The van der Waals surface area contributed by atoms with Crippen LogP contribution in [0.1, 0.15) is 58.3 Å². The second-order valence-electron chi connectivity index (χ2n) is 13.7. The molecule has 3 heterocycles. The van der Waals surface area contributed by atoms with Crippen LogP contribution < -0.4 is 4.85 Å². The summed E-state index contributed by atoms with van der Waals surface area (Å²) < 4.78 is 8.72. The number of aryl methyl sites for hydroxylation is 1. The van der Waals surface area contributed by atoms with E-state index in [0.717, 1.165) is 64.0 Å². The number of imidazole rings is 1. The Balaban J connectivity index is 1.08. The van der Waals surface area contributed by atoms with Gasteiger partial charge in [-0.25, -0.2) is 14.5 Å². The number of hydrogen-bond acceptors (Lipinski definition) is 8. The van der Waals surface area contributed by atoms with Crippen molar-refractivity contribution in [3.05, 3.63) is 197 Å². The third-order valence-corrected chi connectivity index (χ3v) is 10.2. The zero-order chi connectivity index (χ0) is 39.2. The molecule has 0 aliphatic carbocycles. The van der Waals surface area contributed by atoms with Crippen molar-refractivity contribution in [2.24, 2.45) is 0 Å². The Bertz CT molecular complexity index is 2490. The third-order valence-electron chi connectivity index (χ3n) is 10.2. The number of carbonyl (C=O) groups is 1. The summed E-state index contributed by atoms with van der Waals surface area (Å²) in [5.41, 5.74) is 7.07. The number of tetrazole rings is 1. The first-order valence-corrected chi connectivity index (χ1v) is 18.9. The van der Waals surface area contributed by atoms with Gasteiger partial charge >= 0.3 is 5.97 Å². The lowest BCUT2D eigenvalue weighted by atomic mass is 9.77. The van der Waals surface area contributed by atoms with Crippen molar-refractivity contribution in [2.45, 2.75) is 38.3 Å². The van der Waals surface area contributed by atoms with Crippen LogP contribution in [0, 0.1) is 5.21 Å². The van der Waals surface area contributed by atoms with E-state index in [-0.39, 0.29) is 11.4 Å². The van der Waals surface area contributed by atoms with Gasteiger partial charge in [-0.15, -0.1) is 5.10 Å². The molecule has 0 saturated carbocycles. The molecular weight excluding hydrogens is 713 g/mol. The number of esters is 1. The van der Waals surface area contributed by atoms with E-state index < -0.39 is 11.5 Å². The summed E-state index contributed by atoms with van der Waals surface area (Å²) in [4.78, 5) is 17.1. The number of rotatable bonds is 13. The molecule has 0 aliphatic heterocycles. The highest BCUT2D eigenvalue weighted by molar-refractivity contribution is 5.86. The molecule has 0 amide bonds. The number of unbranched alkanes of at least 4 members (excludes halogenated alkanes) is 1. The van der Waals surface area contributed by atoms with Gasteiger partial charge in [0.15, 0.2) is 11.5 Å². The van der Waals surface area contributed by atoms with Gasteiger partial charge in [0, 0.05) is 35.9 Å². The fraction of sp³-hybridized carbons (Fsp3) is 0.152. The molecule has 0 N–H and O–H groups in total. The molecule has 282 valence electrons. The van der Waals surface area contributed by atoms with E-state index in [9.17, 15) is 10.0 Å². The molecule has 11 heteroatoms. The van der Waals surface area contributed by atoms with Crippen LogP contribution in [-0.2, 0) is 23.2 Å². The molecule has 5 aromatic carbocycles. The molecule has 0 unspecified atom stereocenters. The molecule has 0 atom stereocenters. The average molecular weight is 753 g/mol. The lowest BCUT2D eigenvalue weighted by Gasteiger charge is -2.36. The maximum atomic E-state index is 12.8. The van der Waals surface area contributed by atoms with Crippen LogP contribution in [0.15, 0.2) is 158 Å². The minimum atomic E-state index is -0.842. The van der Waals surface area contributed by atoms with Gasteiger partial charge in [0.25, 0.3) is 5.69 Å². The summed E-state index contributed by atoms with van der Waals surface area (Å²) in [6.07, 6.45) is 4.60. The second-order valence-corrected chi connectivity index (χ2v) is 13.7. The van der Waals surface area contributed by atoms with Crippen LogP contribution in [0.25, 0.3) is 33.9 Å². The molecule has 8 aromatic rings. The molecule has 3 aromatic heterocycles. The highest BCUT2D eigenvalue weighted by Crippen LogP contribution is 2.42. The highest BCUT2D eigenvalue weighted by Gasteiger charge is 2.41. The van der Waals surface area contributed by atoms with Gasteiger partial charge in [-0.05, 0) is 61.1 Å². The molecule has 11 nitrogen and oxygen atoms in total. The van der Waals surface area contributed by atoms with Gasteiger partial charge in [0.1, 0.15) is 11.4 Å². The summed E-state index contributed by atoms with van der Waals surface area (Å²) in [7, 11) is 1.25. The van der Waals surface area contributed by atoms with Gasteiger partial charge in [0.05, 0.1) is 7.11 Å². The first kappa shape index (κ1) is 36.7. The van der Waals surface area contributed by atoms with Crippen molar-refractivity contribution in [3.63, 3.8) is 0 Å². The number of nitrogens with zero attached hydrogens (tertiary/aromatic N) is 8. The minimum absolute atomic E-state index is 0.0619. The fourth-order valence-corrected chi connectivity index (χ4v) is 7.36. The van der Waals surface area contributed by atoms with Crippen LogP contribution in [-0.4, -0.2) is 47.9 Å². The van der Waals surface area contributed by atoms with E-state index in [1.807, 2.05) is 65.5 Å². The van der Waals surface area contributed by atoms with E-state index in [1.165, 1.54) is 13.2 Å². The molecule has 0 saturated heterocycles. The quantitative estimate of drug-likeness (QED) is 0.0503. The predicted octanol–water partition coefficient (Wildman–Crippen LogP) is 7.92. The maximum Gasteiger partial charge on any atom is 0.362 e. The standard InChI is InChI=1S/C46H40N8O3/c1-3-4-20-43-47-41(42-30-29-40(45(55)57-2)49-54(42)56)32-52(43)31-33-21-23-34(24-22-33)35-25-27-36(28-26-35)44-48-50-51-53(44)46(37-14-8-5-9-15-37,38-16-10-6-11-17-38)39-18-12-7-13-19-39/h5-19,21-30,32H,3-4,20,31H2,1-2H3. The highest BCUT2D eigenvalue weighted by atomic mass is 16.5. The number of ether oxygens (including phenoxy) is 1. The first-order valence-electron chi connectivity index (χ1n) is 18.9. The molecule has 57 heavy (non-hydrogen) atoms. The average Bonchev–Trinajstić information content (AvgIpc) is 3.92. The topological polar surface area (TPSA) is 128 Å². The molecular formula is C46H40N8O3. The monoisotopic (exact) mass is 752 g/mol. The predicted molar refractivity (Wildman–Crippen MR) is 217 cm³/mol. The lowest BCUT2D eigenvalue weighted by molar-refractivity contribution is -0.658. The summed E-state index contributed by atoms with van der Waals surface area (Å²) >= 11 is 0. The van der Waals surface area contributed by atoms with Gasteiger partial charge in [-0.1, -0.05) is 153 Å². The Labute approximate surface area is 330 Å². The van der Waals surface area contributed by atoms with Crippen LogP contribution in [0.4, 0.5) is 0 Å². The Morgan fingerprint density at radius 3 is 1.84 bits per heavy atom. The third kappa shape index (κ3) is 7.18. The van der Waals surface area contributed by atoms with Crippen molar-refractivity contribution >= 4 is 5.97 Å². The van der Waals surface area contributed by atoms with Crippen molar-refractivity contribution in [3.8, 4) is 33.9 Å². The molecule has 8 rings (SSSR count). The number of carbonyl (C=O) groups excluding carboxylic acids is 1. The van der Waals surface area contributed by atoms with Crippen LogP contribution in [0.3, 0.4) is 0 Å². The zero-order valence-corrected chi connectivity index (χ0v) is 31.6. The summed E-state index contributed by atoms with van der Waals surface area (Å²) in [6.45, 7) is 2.71. The SMILES string of the molecule is CCCCc1nc(-c2ccc(C(=O)OC)n[n+]2[O-])cn1Cc1ccc(-c2ccc(-c3nnnn3C(c3ccccc3)(c3ccccc3)c3ccccc3)cc2)cc1. The van der Waals surface area contributed by atoms with Gasteiger partial charge in [-0.3, -0.25) is 0 Å². The second kappa shape index (κ2) is 16.2. The number of aromatic nitrogens is 8. The summed E-state index contributed by atoms with van der Waals surface area (Å²) in [5.74, 6) is 0.848. The Hall–Kier alpha value is -7.27. The van der Waals surface area contributed by atoms with E-state index in [0.29, 0.717) is 22.9 Å². The van der Waals surface area contributed by atoms with E-state index in [1.54, 1.807) is 6.07 Å². The molecule has 0 radical (unpaired) electrons. The van der Waals surface area contributed by atoms with Gasteiger partial charge in [0.2, 0.25) is 5.69 Å². The van der Waals surface area contributed by atoms with E-state index in [4.69, 9.17) is 9.72 Å². The minimum Gasteiger partial charge on any atom is -0.594 e. The van der Waals surface area contributed by atoms with Crippen LogP contribution >= 0.6 is 0 Å². The Morgan fingerprint density at radius 2 is 1.30 bits per heavy atom. The summed E-state index contributed by atoms with van der Waals surface area (Å²) in [5, 5.41) is 30.2. The molecule has 0 bridgehead atoms. The zero-order valence-electron chi connectivity index (χ0n) is 31.6. The van der Waals surface area contributed by atoms with Crippen LogP contribution in [0.5, 0.6) is 0 Å². The first-order chi connectivity index (χ1) is 28.0. The van der Waals surface area contributed by atoms with Crippen molar-refractivity contribution in [1.82, 2.24) is 34.9 Å². The van der Waals surface area contributed by atoms with Crippen molar-refractivity contribution in [2.75, 3.05) is 7.11 Å². The summed E-state index contributed by atoms with van der Waals surface area (Å²) in [6, 6.07) is 50.9. The Morgan fingerprint density at radius 1 is 0.737 bits per heavy atom. The maximum absolute atomic E-state index is 12.8. The van der Waals surface area contributed by atoms with Crippen molar-refractivity contribution < 1.29 is 14.4 Å². The number of hydrogen-bond donors (Lipinski definition) is 0. The van der Waals surface area contributed by atoms with E-state index in [2.05, 4.69) is 117 Å². The smallest absolute Gasteiger partial charge is 0.362 e. The Kier molecular flexibility index (Phi) is 10.4. The molecule has 0 aliphatic rings. The van der Waals surface area contributed by atoms with Crippen molar-refractivity contribution in [1.29, 1.82) is 0 Å². The molecule has 0 fully saturated rings. The number of benzene rings is 5. The molecule has 0 spiro atoms. The number of methoxy groups -OCH3 is 1. The van der Waals surface area contributed by atoms with Gasteiger partial charge in [-0.2, -0.15) is 0 Å². The largest absolute Gasteiger partial charge is 0.594 e. The van der Waals surface area contributed by atoms with E-state index >= 15 is 0 Å². The fourth-order valence-electron chi connectivity index (χ4n) is 7.36. The lowest BCUT2D eigenvalue weighted by Crippen LogP contribution is -2.39. The van der Waals surface area contributed by atoms with Gasteiger partial charge < -0.3 is 14.5 Å². The van der Waals surface area contributed by atoms with Crippen LogP contribution in [0.2, 0.25) is 0 Å². The normalized spacial score (nSPS) is 11.4.